The zero-order chi connectivity index (χ0) is 30.6. The van der Waals surface area contributed by atoms with Crippen LogP contribution >= 0.6 is 15.9 Å². The number of rotatable bonds is 10. The van der Waals surface area contributed by atoms with Gasteiger partial charge in [0.1, 0.15) is 0 Å². The van der Waals surface area contributed by atoms with E-state index in [9.17, 15) is 15.3 Å². The van der Waals surface area contributed by atoms with Gasteiger partial charge in [-0.25, -0.2) is 0 Å². The van der Waals surface area contributed by atoms with Crippen LogP contribution in [0.25, 0.3) is 0 Å². The van der Waals surface area contributed by atoms with Crippen molar-refractivity contribution in [3.05, 3.63) is 10.6 Å². The third-order valence-corrected chi connectivity index (χ3v) is 13.2. The van der Waals surface area contributed by atoms with E-state index >= 15 is 0 Å². The van der Waals surface area contributed by atoms with Crippen LogP contribution in [0.5, 0.6) is 0 Å². The Morgan fingerprint density at radius 3 is 1.85 bits per heavy atom. The van der Waals surface area contributed by atoms with E-state index in [4.69, 9.17) is 0 Å². The smallest absolute Gasteiger partial charge is 0.0591 e. The molecule has 0 aromatic rings. The van der Waals surface area contributed by atoms with Crippen molar-refractivity contribution in [3.8, 4) is 0 Å². The lowest BCUT2D eigenvalue weighted by Crippen LogP contribution is -2.41. The summed E-state index contributed by atoms with van der Waals surface area (Å²) in [5.74, 6) is 4.50. The second-order valence-electron chi connectivity index (χ2n) is 16.9. The van der Waals surface area contributed by atoms with Gasteiger partial charge in [0.05, 0.1) is 17.3 Å². The molecule has 0 aliphatic heterocycles. The summed E-state index contributed by atoms with van der Waals surface area (Å²) in [6, 6.07) is 0. The number of aliphatic hydroxyl groups is 3. The summed E-state index contributed by atoms with van der Waals surface area (Å²) < 4.78 is 0. The van der Waals surface area contributed by atoms with Gasteiger partial charge in [-0.1, -0.05) is 81.3 Å². The van der Waals surface area contributed by atoms with Gasteiger partial charge in [-0.15, -0.1) is 0 Å². The molecular formula is C37H67BrO3. The molecule has 0 aromatic carbocycles. The third-order valence-electron chi connectivity index (χ3n) is 12.6. The van der Waals surface area contributed by atoms with Gasteiger partial charge in [-0.2, -0.15) is 0 Å². The highest BCUT2D eigenvalue weighted by Crippen LogP contribution is 2.60. The van der Waals surface area contributed by atoms with Crippen molar-refractivity contribution in [2.45, 2.75) is 175 Å². The molecule has 0 aromatic heterocycles. The molecule has 4 heteroatoms. The van der Waals surface area contributed by atoms with Crippen molar-refractivity contribution in [3.63, 3.8) is 0 Å². The van der Waals surface area contributed by atoms with Gasteiger partial charge in [0, 0.05) is 0 Å². The van der Waals surface area contributed by atoms with Crippen LogP contribution in [0, 0.1) is 46.3 Å². The minimum atomic E-state index is -0.525. The topological polar surface area (TPSA) is 60.7 Å². The van der Waals surface area contributed by atoms with Gasteiger partial charge in [0.25, 0.3) is 0 Å². The Labute approximate surface area is 262 Å². The number of hydrogen-bond acceptors (Lipinski definition) is 3. The second kappa shape index (κ2) is 14.5. The zero-order valence-electron chi connectivity index (χ0n) is 28.2. The van der Waals surface area contributed by atoms with Crippen LogP contribution in [0.3, 0.4) is 0 Å². The fraction of sp³-hybridized carbons (Fsp3) is 0.946. The predicted molar refractivity (Wildman–Crippen MR) is 178 cm³/mol. The van der Waals surface area contributed by atoms with E-state index in [-0.39, 0.29) is 6.10 Å². The SMILES string of the molecule is C[C@H](CCCC(C)(C)O)[C@H]1CC[C@H]2/C(=C/Br)CCC[C@]12C.C[C@H](CCCC(C)(C)O)[C@H]1CC[C@H]2[C@@H](O)CCC[C@]12C. The van der Waals surface area contributed by atoms with Crippen LogP contribution in [0.15, 0.2) is 10.6 Å². The molecule has 0 bridgehead atoms. The average molecular weight is 640 g/mol. The Hall–Kier alpha value is 0.1000. The molecule has 41 heavy (non-hydrogen) atoms. The molecule has 0 heterocycles. The molecule has 0 saturated heterocycles. The van der Waals surface area contributed by atoms with Crippen LogP contribution in [-0.4, -0.2) is 32.6 Å². The molecule has 3 N–H and O–H groups in total. The molecule has 0 unspecified atom stereocenters. The van der Waals surface area contributed by atoms with Crippen LogP contribution < -0.4 is 0 Å². The summed E-state index contributed by atoms with van der Waals surface area (Å²) in [4.78, 5) is 2.22. The molecule has 0 spiro atoms. The van der Waals surface area contributed by atoms with Crippen molar-refractivity contribution >= 4 is 15.9 Å². The first-order chi connectivity index (χ1) is 19.0. The maximum atomic E-state index is 10.3. The van der Waals surface area contributed by atoms with Crippen LogP contribution in [0.4, 0.5) is 0 Å². The van der Waals surface area contributed by atoms with Gasteiger partial charge in [0.15, 0.2) is 0 Å². The van der Waals surface area contributed by atoms with Gasteiger partial charge in [0.2, 0.25) is 0 Å². The number of halogens is 1. The molecule has 0 radical (unpaired) electrons. The summed E-state index contributed by atoms with van der Waals surface area (Å²) in [5, 5.41) is 30.0. The Kier molecular flexibility index (Phi) is 12.6. The third kappa shape index (κ3) is 9.07. The molecule has 4 saturated carbocycles. The van der Waals surface area contributed by atoms with Crippen molar-refractivity contribution in [1.29, 1.82) is 0 Å². The van der Waals surface area contributed by atoms with Gasteiger partial charge < -0.3 is 15.3 Å². The van der Waals surface area contributed by atoms with E-state index < -0.39 is 11.2 Å². The summed E-state index contributed by atoms with van der Waals surface area (Å²) in [6.07, 6.45) is 19.4. The van der Waals surface area contributed by atoms with Crippen LogP contribution in [0.1, 0.15) is 158 Å². The van der Waals surface area contributed by atoms with Crippen molar-refractivity contribution < 1.29 is 15.3 Å². The first-order valence-electron chi connectivity index (χ1n) is 17.4. The fourth-order valence-electron chi connectivity index (χ4n) is 10.4. The number of fused-ring (bicyclic) bond motifs is 2. The lowest BCUT2D eigenvalue weighted by molar-refractivity contribution is -0.0283. The molecule has 4 aliphatic carbocycles. The zero-order valence-corrected chi connectivity index (χ0v) is 29.7. The minimum absolute atomic E-state index is 0.0534. The Balaban J connectivity index is 0.000000226. The van der Waals surface area contributed by atoms with Crippen molar-refractivity contribution in [2.75, 3.05) is 0 Å². The highest BCUT2D eigenvalue weighted by atomic mass is 79.9. The van der Waals surface area contributed by atoms with Crippen molar-refractivity contribution in [1.82, 2.24) is 0 Å². The highest BCUT2D eigenvalue weighted by molar-refractivity contribution is 9.11. The summed E-state index contributed by atoms with van der Waals surface area (Å²) in [5.41, 5.74) is 1.52. The fourth-order valence-corrected chi connectivity index (χ4v) is 10.9. The Bertz CT molecular complexity index is 840. The first-order valence-corrected chi connectivity index (χ1v) is 18.4. The number of aliphatic hydroxyl groups excluding tert-OH is 1. The van der Waals surface area contributed by atoms with Crippen molar-refractivity contribution in [2.24, 2.45) is 46.3 Å². The first kappa shape index (κ1) is 35.6. The second-order valence-corrected chi connectivity index (χ2v) is 17.4. The monoisotopic (exact) mass is 638 g/mol. The van der Waals surface area contributed by atoms with Gasteiger partial charge in [-0.05, 0) is 150 Å². The van der Waals surface area contributed by atoms with Crippen LogP contribution in [0.2, 0.25) is 0 Å². The van der Waals surface area contributed by atoms with E-state index in [0.717, 1.165) is 61.7 Å². The predicted octanol–water partition coefficient (Wildman–Crippen LogP) is 10.2. The molecule has 4 rings (SSSR count). The van der Waals surface area contributed by atoms with E-state index in [1.165, 1.54) is 70.6 Å². The van der Waals surface area contributed by atoms with E-state index in [1.807, 2.05) is 27.7 Å². The molecular weight excluding hydrogens is 572 g/mol. The average Bonchev–Trinajstić information content (AvgIpc) is 3.40. The highest BCUT2D eigenvalue weighted by Gasteiger charge is 2.52. The Morgan fingerprint density at radius 2 is 1.32 bits per heavy atom. The lowest BCUT2D eigenvalue weighted by Gasteiger charge is -2.45. The van der Waals surface area contributed by atoms with E-state index in [2.05, 4.69) is 48.6 Å². The normalized spacial score (nSPS) is 38.1. The minimum Gasteiger partial charge on any atom is -0.393 e. The van der Waals surface area contributed by atoms with E-state index in [0.29, 0.717) is 16.7 Å². The summed E-state index contributed by atoms with van der Waals surface area (Å²) in [6.45, 7) is 17.5. The number of hydrogen-bond donors (Lipinski definition) is 3. The maximum Gasteiger partial charge on any atom is 0.0591 e. The van der Waals surface area contributed by atoms with Gasteiger partial charge >= 0.3 is 0 Å². The van der Waals surface area contributed by atoms with E-state index in [1.54, 1.807) is 5.57 Å². The number of allylic oxidation sites excluding steroid dienone is 1. The summed E-state index contributed by atoms with van der Waals surface area (Å²) >= 11 is 3.60. The molecule has 9 atom stereocenters. The maximum absolute atomic E-state index is 10.3. The largest absolute Gasteiger partial charge is 0.393 e. The van der Waals surface area contributed by atoms with Crippen LogP contribution in [-0.2, 0) is 0 Å². The standard InChI is InChI=1S/C19H33BrO.C18H34O2/c1-14(7-5-11-18(2,3)21)16-9-10-17-15(13-20)8-6-12-19(16,17)4;1-13(7-5-11-17(2,3)20)14-9-10-15-16(19)8-6-12-18(14,15)4/h13-14,16-17,21H,5-12H2,1-4H3;13-16,19-20H,5-12H2,1-4H3/b15-13+;/t14-,16-,17+,19-;13-,14-,15+,16+,18-/m11/s1. The Morgan fingerprint density at radius 1 is 0.805 bits per heavy atom. The molecule has 4 aliphatic rings. The molecule has 3 nitrogen and oxygen atoms in total. The quantitative estimate of drug-likeness (QED) is 0.223. The summed E-state index contributed by atoms with van der Waals surface area (Å²) in [7, 11) is 0. The molecule has 0 amide bonds. The van der Waals surface area contributed by atoms with Gasteiger partial charge in [-0.3, -0.25) is 0 Å². The molecule has 4 fully saturated rings. The lowest BCUT2D eigenvalue weighted by atomic mass is 9.61. The molecule has 240 valence electrons.